The number of methoxy groups -OCH3 is 1. The highest BCUT2D eigenvalue weighted by molar-refractivity contribution is 7.89. The maximum absolute atomic E-state index is 12.0. The lowest BCUT2D eigenvalue weighted by Crippen LogP contribution is -2.30. The molecule has 106 valence electrons. The summed E-state index contributed by atoms with van der Waals surface area (Å²) >= 11 is 0. The van der Waals surface area contributed by atoms with Crippen LogP contribution in [0, 0.1) is 10.1 Å². The minimum Gasteiger partial charge on any atom is -0.495 e. The van der Waals surface area contributed by atoms with Crippen molar-refractivity contribution in [3.8, 4) is 5.75 Å². The van der Waals surface area contributed by atoms with Gasteiger partial charge in [-0.1, -0.05) is 0 Å². The zero-order chi connectivity index (χ0) is 14.6. The molecule has 2 N–H and O–H groups in total. The largest absolute Gasteiger partial charge is 0.495 e. The van der Waals surface area contributed by atoms with E-state index in [0.717, 1.165) is 12.1 Å². The van der Waals surface area contributed by atoms with Crippen molar-refractivity contribution in [2.24, 2.45) is 0 Å². The Hall–Kier alpha value is -1.71. The van der Waals surface area contributed by atoms with Crippen molar-refractivity contribution in [2.45, 2.75) is 17.9 Å². The second-order valence-corrected chi connectivity index (χ2v) is 5.53. The molecule has 0 saturated heterocycles. The Bertz CT molecular complexity index is 569. The van der Waals surface area contributed by atoms with E-state index >= 15 is 0 Å². The third-order valence-corrected chi connectivity index (χ3v) is 3.66. The number of benzene rings is 1. The van der Waals surface area contributed by atoms with Gasteiger partial charge in [-0.2, -0.15) is 0 Å². The van der Waals surface area contributed by atoms with E-state index in [0.29, 0.717) is 0 Å². The fraction of sp³-hybridized carbons (Fsp3) is 0.400. The number of aliphatic hydroxyl groups excluding tert-OH is 1. The van der Waals surface area contributed by atoms with Crippen LogP contribution in [0.15, 0.2) is 23.1 Å². The Morgan fingerprint density at radius 2 is 2.16 bits per heavy atom. The smallest absolute Gasteiger partial charge is 0.271 e. The van der Waals surface area contributed by atoms with Gasteiger partial charge in [0.15, 0.2) is 0 Å². The lowest BCUT2D eigenvalue weighted by molar-refractivity contribution is -0.385. The van der Waals surface area contributed by atoms with E-state index in [9.17, 15) is 18.5 Å². The summed E-state index contributed by atoms with van der Waals surface area (Å²) in [6.45, 7) is 1.21. The van der Waals surface area contributed by atoms with Gasteiger partial charge in [0.05, 0.1) is 18.1 Å². The quantitative estimate of drug-likeness (QED) is 0.573. The van der Waals surface area contributed by atoms with Gasteiger partial charge >= 0.3 is 0 Å². The number of hydrogen-bond donors (Lipinski definition) is 2. The first-order valence-corrected chi connectivity index (χ1v) is 6.76. The summed E-state index contributed by atoms with van der Waals surface area (Å²) in [7, 11) is -2.73. The standard InChI is InChI=1S/C10H14N2O6S/c1-7(13)6-11-19(16,17)10-5-8(12(14)15)3-4-9(10)18-2/h3-5,7,11,13H,6H2,1-2H3. The second-order valence-electron chi connectivity index (χ2n) is 3.79. The number of sulfonamides is 1. The summed E-state index contributed by atoms with van der Waals surface area (Å²) in [5.74, 6) is -0.0105. The molecule has 9 heteroatoms. The van der Waals surface area contributed by atoms with Crippen LogP contribution < -0.4 is 9.46 Å². The van der Waals surface area contributed by atoms with Crippen LogP contribution in [0.5, 0.6) is 5.75 Å². The molecule has 1 unspecified atom stereocenters. The van der Waals surface area contributed by atoms with Crippen molar-refractivity contribution >= 4 is 15.7 Å². The van der Waals surface area contributed by atoms with Crippen LogP contribution in [0.4, 0.5) is 5.69 Å². The highest BCUT2D eigenvalue weighted by Crippen LogP contribution is 2.27. The van der Waals surface area contributed by atoms with E-state index in [2.05, 4.69) is 4.72 Å². The molecule has 0 heterocycles. The Morgan fingerprint density at radius 3 is 2.63 bits per heavy atom. The molecule has 1 atom stereocenters. The molecule has 8 nitrogen and oxygen atoms in total. The SMILES string of the molecule is COc1ccc([N+](=O)[O-])cc1S(=O)(=O)NCC(C)O. The fourth-order valence-corrected chi connectivity index (χ4v) is 2.61. The van der Waals surface area contributed by atoms with Crippen molar-refractivity contribution in [3.05, 3.63) is 28.3 Å². The molecule has 0 bridgehead atoms. The molecule has 0 aliphatic carbocycles. The number of nitrogens with zero attached hydrogens (tertiary/aromatic N) is 1. The monoisotopic (exact) mass is 290 g/mol. The van der Waals surface area contributed by atoms with E-state index in [-0.39, 0.29) is 22.9 Å². The van der Waals surface area contributed by atoms with E-state index in [1.54, 1.807) is 0 Å². The molecule has 1 aromatic rings. The Labute approximate surface area is 110 Å². The Kier molecular flexibility index (Phi) is 4.81. The third-order valence-electron chi connectivity index (χ3n) is 2.22. The van der Waals surface area contributed by atoms with Crippen molar-refractivity contribution in [2.75, 3.05) is 13.7 Å². The van der Waals surface area contributed by atoms with Crippen molar-refractivity contribution in [3.63, 3.8) is 0 Å². The average molecular weight is 290 g/mol. The minimum atomic E-state index is -3.99. The van der Waals surface area contributed by atoms with Crippen LogP contribution in [0.1, 0.15) is 6.92 Å². The first-order chi connectivity index (χ1) is 8.77. The summed E-state index contributed by atoms with van der Waals surface area (Å²) in [5.41, 5.74) is -0.363. The molecule has 0 amide bonds. The van der Waals surface area contributed by atoms with Crippen LogP contribution >= 0.6 is 0 Å². The maximum atomic E-state index is 12.0. The first kappa shape index (κ1) is 15.3. The third kappa shape index (κ3) is 3.88. The van der Waals surface area contributed by atoms with Crippen molar-refractivity contribution in [1.82, 2.24) is 4.72 Å². The zero-order valence-electron chi connectivity index (χ0n) is 10.4. The summed E-state index contributed by atoms with van der Waals surface area (Å²) in [5, 5.41) is 19.7. The molecule has 0 spiro atoms. The molecule has 0 saturated carbocycles. The molecule has 19 heavy (non-hydrogen) atoms. The zero-order valence-corrected chi connectivity index (χ0v) is 11.2. The molecule has 0 aromatic heterocycles. The van der Waals surface area contributed by atoms with Crippen LogP contribution in [-0.4, -0.2) is 38.2 Å². The summed E-state index contributed by atoms with van der Waals surface area (Å²) in [6, 6.07) is 3.25. The van der Waals surface area contributed by atoms with Crippen LogP contribution in [0.3, 0.4) is 0 Å². The number of ether oxygens (including phenoxy) is 1. The fourth-order valence-electron chi connectivity index (χ4n) is 1.30. The summed E-state index contributed by atoms with van der Waals surface area (Å²) < 4.78 is 30.9. The number of hydrogen-bond acceptors (Lipinski definition) is 6. The van der Waals surface area contributed by atoms with Gasteiger partial charge < -0.3 is 9.84 Å². The van der Waals surface area contributed by atoms with E-state index in [4.69, 9.17) is 9.84 Å². The van der Waals surface area contributed by atoms with Gasteiger partial charge in [0.1, 0.15) is 10.6 Å². The van der Waals surface area contributed by atoms with Crippen molar-refractivity contribution < 1.29 is 23.2 Å². The number of nitro benzene ring substituents is 1. The molecule has 1 rings (SSSR count). The molecule has 1 aromatic carbocycles. The highest BCUT2D eigenvalue weighted by atomic mass is 32.2. The molecular weight excluding hydrogens is 276 g/mol. The number of nitro groups is 1. The Balaban J connectivity index is 3.22. The van der Waals surface area contributed by atoms with E-state index < -0.39 is 21.1 Å². The molecule has 0 radical (unpaired) electrons. The second kappa shape index (κ2) is 5.95. The van der Waals surface area contributed by atoms with Crippen LogP contribution in [0.25, 0.3) is 0 Å². The lowest BCUT2D eigenvalue weighted by Gasteiger charge is -2.11. The van der Waals surface area contributed by atoms with E-state index in [1.165, 1.54) is 20.1 Å². The van der Waals surface area contributed by atoms with Gasteiger partial charge in [-0.3, -0.25) is 10.1 Å². The van der Waals surface area contributed by atoms with Crippen molar-refractivity contribution in [1.29, 1.82) is 0 Å². The maximum Gasteiger partial charge on any atom is 0.271 e. The van der Waals surface area contributed by atoms with Gasteiger partial charge in [-0.05, 0) is 13.0 Å². The Morgan fingerprint density at radius 1 is 1.53 bits per heavy atom. The predicted molar refractivity (Wildman–Crippen MR) is 66.5 cm³/mol. The first-order valence-electron chi connectivity index (χ1n) is 5.28. The topological polar surface area (TPSA) is 119 Å². The van der Waals surface area contributed by atoms with Crippen LogP contribution in [0.2, 0.25) is 0 Å². The summed E-state index contributed by atoms with van der Waals surface area (Å²) in [6.07, 6.45) is -0.875. The molecule has 0 fully saturated rings. The van der Waals surface area contributed by atoms with Gasteiger partial charge in [0.25, 0.3) is 5.69 Å². The number of aliphatic hydroxyl groups is 1. The lowest BCUT2D eigenvalue weighted by atomic mass is 10.3. The highest BCUT2D eigenvalue weighted by Gasteiger charge is 2.23. The average Bonchev–Trinajstić information content (AvgIpc) is 2.35. The van der Waals surface area contributed by atoms with Crippen LogP contribution in [-0.2, 0) is 10.0 Å². The van der Waals surface area contributed by atoms with Gasteiger partial charge in [-0.15, -0.1) is 0 Å². The number of nitrogens with one attached hydrogen (secondary N) is 1. The molecule has 0 aliphatic rings. The normalized spacial score (nSPS) is 13.0. The van der Waals surface area contributed by atoms with Gasteiger partial charge in [0.2, 0.25) is 10.0 Å². The number of non-ortho nitro benzene ring substituents is 1. The minimum absolute atomic E-state index is 0.0105. The van der Waals surface area contributed by atoms with Gasteiger partial charge in [-0.25, -0.2) is 13.1 Å². The predicted octanol–water partition coefficient (Wildman–Crippen LogP) is 0.262. The summed E-state index contributed by atoms with van der Waals surface area (Å²) in [4.78, 5) is 9.61. The van der Waals surface area contributed by atoms with Gasteiger partial charge in [0, 0.05) is 18.7 Å². The molecular formula is C10H14N2O6S. The molecule has 0 aliphatic heterocycles. The van der Waals surface area contributed by atoms with E-state index in [1.807, 2.05) is 0 Å². The number of rotatable bonds is 6.